The number of carbonyl (C=O) groups is 1. The van der Waals surface area contributed by atoms with Gasteiger partial charge < -0.3 is 25.3 Å². The van der Waals surface area contributed by atoms with Crippen molar-refractivity contribution in [2.45, 2.75) is 58.2 Å². The van der Waals surface area contributed by atoms with E-state index in [0.717, 1.165) is 55.9 Å². The van der Waals surface area contributed by atoms with Gasteiger partial charge in [0.2, 0.25) is 5.91 Å². The van der Waals surface area contributed by atoms with Crippen LogP contribution in [0.25, 0.3) is 0 Å². The number of hydrogen-bond donors (Lipinski definition) is 2. The number of hydrogen-bond acceptors (Lipinski definition) is 5. The predicted octanol–water partition coefficient (Wildman–Crippen LogP) is 4.40. The van der Waals surface area contributed by atoms with E-state index in [2.05, 4.69) is 65.1 Å². The van der Waals surface area contributed by atoms with E-state index in [1.165, 1.54) is 5.69 Å². The van der Waals surface area contributed by atoms with E-state index in [1.54, 1.807) is 12.5 Å². The summed E-state index contributed by atoms with van der Waals surface area (Å²) in [7, 11) is 0. The van der Waals surface area contributed by atoms with Gasteiger partial charge in [0.1, 0.15) is 12.4 Å². The Labute approximate surface area is 214 Å². The van der Waals surface area contributed by atoms with Crippen molar-refractivity contribution in [1.29, 1.82) is 0 Å². The van der Waals surface area contributed by atoms with E-state index in [9.17, 15) is 4.79 Å². The number of aromatic amines is 1. The van der Waals surface area contributed by atoms with Gasteiger partial charge in [-0.3, -0.25) is 4.79 Å². The van der Waals surface area contributed by atoms with Crippen LogP contribution in [0.4, 0.5) is 5.69 Å². The van der Waals surface area contributed by atoms with Gasteiger partial charge in [-0.2, -0.15) is 0 Å². The number of piperidine rings is 1. The zero-order chi connectivity index (χ0) is 25.3. The summed E-state index contributed by atoms with van der Waals surface area (Å²) in [6.07, 6.45) is 6.83. The Bertz CT molecular complexity index is 1050. The molecule has 0 aliphatic carbocycles. The lowest BCUT2D eigenvalue weighted by molar-refractivity contribution is -0.133. The largest absolute Gasteiger partial charge is 0.489 e. The minimum atomic E-state index is -0.539. The number of nitrogens with one attached hydrogen (secondary N) is 1. The Morgan fingerprint density at radius 2 is 1.86 bits per heavy atom. The highest BCUT2D eigenvalue weighted by atomic mass is 16.5. The first-order chi connectivity index (χ1) is 17.5. The number of H-pyrrole nitrogens is 1. The Balaban J connectivity index is 1.35. The zero-order valence-electron chi connectivity index (χ0n) is 21.5. The Morgan fingerprint density at radius 1 is 1.14 bits per heavy atom. The van der Waals surface area contributed by atoms with Crippen LogP contribution in [0, 0.1) is 5.92 Å². The molecule has 1 unspecified atom stereocenters. The molecule has 1 fully saturated rings. The van der Waals surface area contributed by atoms with Gasteiger partial charge in [0.15, 0.2) is 0 Å². The third-order valence-corrected chi connectivity index (χ3v) is 6.89. The molecule has 3 aromatic rings. The SMILES string of the molecule is CC(C)CCN(c1ccc(OCc2ccccc2)cc1)C1CCN(C(=O)C(N)Cc2cnc[nH]2)CC1. The monoisotopic (exact) mass is 489 g/mol. The molecule has 1 aliphatic heterocycles. The Kier molecular flexibility index (Phi) is 9.01. The molecular weight excluding hydrogens is 450 g/mol. The van der Waals surface area contributed by atoms with Crippen molar-refractivity contribution >= 4 is 11.6 Å². The highest BCUT2D eigenvalue weighted by Crippen LogP contribution is 2.27. The fourth-order valence-corrected chi connectivity index (χ4v) is 4.75. The van der Waals surface area contributed by atoms with Gasteiger partial charge in [-0.25, -0.2) is 4.98 Å². The second-order valence-electron chi connectivity index (χ2n) is 10.1. The normalized spacial score (nSPS) is 15.2. The minimum absolute atomic E-state index is 0.0247. The molecule has 7 heteroatoms. The summed E-state index contributed by atoms with van der Waals surface area (Å²) in [5, 5.41) is 0. The number of nitrogens with zero attached hydrogens (tertiary/aromatic N) is 3. The van der Waals surface area contributed by atoms with E-state index in [4.69, 9.17) is 10.5 Å². The van der Waals surface area contributed by atoms with Crippen LogP contribution in [0.15, 0.2) is 67.1 Å². The maximum atomic E-state index is 12.9. The molecule has 36 heavy (non-hydrogen) atoms. The van der Waals surface area contributed by atoms with E-state index in [-0.39, 0.29) is 5.91 Å². The topological polar surface area (TPSA) is 87.5 Å². The number of nitrogens with two attached hydrogens (primary N) is 1. The van der Waals surface area contributed by atoms with E-state index >= 15 is 0 Å². The third-order valence-electron chi connectivity index (χ3n) is 6.89. The van der Waals surface area contributed by atoms with Crippen LogP contribution in [-0.4, -0.2) is 52.5 Å². The van der Waals surface area contributed by atoms with E-state index < -0.39 is 6.04 Å². The summed E-state index contributed by atoms with van der Waals surface area (Å²) in [5.41, 5.74) is 9.48. The maximum Gasteiger partial charge on any atom is 0.239 e. The highest BCUT2D eigenvalue weighted by Gasteiger charge is 2.29. The summed E-state index contributed by atoms with van der Waals surface area (Å²) in [5.74, 6) is 1.53. The van der Waals surface area contributed by atoms with Crippen molar-refractivity contribution in [2.75, 3.05) is 24.5 Å². The molecule has 1 aromatic heterocycles. The molecule has 2 aromatic carbocycles. The molecular formula is C29H39N5O2. The molecule has 0 radical (unpaired) electrons. The molecule has 0 spiro atoms. The Morgan fingerprint density at radius 3 is 2.50 bits per heavy atom. The first-order valence-corrected chi connectivity index (χ1v) is 13.0. The number of imidazole rings is 1. The summed E-state index contributed by atoms with van der Waals surface area (Å²) in [6.45, 7) is 7.56. The molecule has 192 valence electrons. The van der Waals surface area contributed by atoms with Crippen LogP contribution >= 0.6 is 0 Å². The Hall–Kier alpha value is -3.32. The maximum absolute atomic E-state index is 12.9. The molecule has 1 saturated heterocycles. The van der Waals surface area contributed by atoms with Crippen LogP contribution in [0.5, 0.6) is 5.75 Å². The van der Waals surface area contributed by atoms with Crippen LogP contribution in [0.2, 0.25) is 0 Å². The lowest BCUT2D eigenvalue weighted by Crippen LogP contribution is -2.51. The number of likely N-dealkylation sites (tertiary alicyclic amines) is 1. The molecule has 7 nitrogen and oxygen atoms in total. The van der Waals surface area contributed by atoms with Gasteiger partial charge in [-0.1, -0.05) is 44.2 Å². The quantitative estimate of drug-likeness (QED) is 0.417. The fourth-order valence-electron chi connectivity index (χ4n) is 4.75. The van der Waals surface area contributed by atoms with Gasteiger partial charge in [0.25, 0.3) is 0 Å². The molecule has 0 bridgehead atoms. The summed E-state index contributed by atoms with van der Waals surface area (Å²) < 4.78 is 5.99. The number of carbonyl (C=O) groups excluding carboxylic acids is 1. The van der Waals surface area contributed by atoms with Crippen LogP contribution in [-0.2, 0) is 17.8 Å². The fraction of sp³-hybridized carbons (Fsp3) is 0.448. The predicted molar refractivity (Wildman–Crippen MR) is 144 cm³/mol. The van der Waals surface area contributed by atoms with Crippen molar-refractivity contribution in [2.24, 2.45) is 11.7 Å². The number of amides is 1. The molecule has 1 amide bonds. The lowest BCUT2D eigenvalue weighted by Gasteiger charge is -2.40. The molecule has 1 aliphatic rings. The second kappa shape index (κ2) is 12.6. The standard InChI is InChI=1S/C29H39N5O2/c1-22(2)12-17-34(25-8-10-27(11-9-25)36-20-23-6-4-3-5-7-23)26-13-15-33(16-14-26)29(35)28(30)18-24-19-31-21-32-24/h3-11,19,21-22,26,28H,12-18,20,30H2,1-2H3,(H,31,32). The van der Waals surface area contributed by atoms with Gasteiger partial charge in [-0.15, -0.1) is 0 Å². The summed E-state index contributed by atoms with van der Waals surface area (Å²) in [4.78, 5) is 24.4. The second-order valence-corrected chi connectivity index (χ2v) is 10.1. The number of aromatic nitrogens is 2. The van der Waals surface area contributed by atoms with E-state index in [1.807, 2.05) is 23.1 Å². The van der Waals surface area contributed by atoms with Gasteiger partial charge >= 0.3 is 0 Å². The summed E-state index contributed by atoms with van der Waals surface area (Å²) >= 11 is 0. The average Bonchev–Trinajstić information content (AvgIpc) is 3.42. The molecule has 1 atom stereocenters. The van der Waals surface area contributed by atoms with Crippen LogP contribution in [0.1, 0.15) is 44.4 Å². The molecule has 2 heterocycles. The number of rotatable bonds is 11. The lowest BCUT2D eigenvalue weighted by atomic mass is 9.99. The van der Waals surface area contributed by atoms with Gasteiger partial charge in [0, 0.05) is 49.7 Å². The molecule has 4 rings (SSSR count). The highest BCUT2D eigenvalue weighted by molar-refractivity contribution is 5.82. The summed E-state index contributed by atoms with van der Waals surface area (Å²) in [6, 6.07) is 18.5. The molecule has 3 N–H and O–H groups in total. The zero-order valence-corrected chi connectivity index (χ0v) is 21.5. The molecule has 0 saturated carbocycles. The van der Waals surface area contributed by atoms with E-state index in [0.29, 0.717) is 25.0 Å². The van der Waals surface area contributed by atoms with Crippen molar-refractivity contribution in [3.8, 4) is 5.75 Å². The third kappa shape index (κ3) is 7.10. The van der Waals surface area contributed by atoms with Gasteiger partial charge in [-0.05, 0) is 55.0 Å². The van der Waals surface area contributed by atoms with Crippen molar-refractivity contribution < 1.29 is 9.53 Å². The minimum Gasteiger partial charge on any atom is -0.489 e. The van der Waals surface area contributed by atoms with Crippen LogP contribution < -0.4 is 15.4 Å². The first-order valence-electron chi connectivity index (χ1n) is 13.0. The van der Waals surface area contributed by atoms with Crippen molar-refractivity contribution in [3.05, 3.63) is 78.4 Å². The smallest absolute Gasteiger partial charge is 0.239 e. The first kappa shape index (κ1) is 25.8. The van der Waals surface area contributed by atoms with Crippen molar-refractivity contribution in [3.63, 3.8) is 0 Å². The number of benzene rings is 2. The average molecular weight is 490 g/mol. The number of ether oxygens (including phenoxy) is 1. The van der Waals surface area contributed by atoms with Gasteiger partial charge in [0.05, 0.1) is 12.4 Å². The van der Waals surface area contributed by atoms with Crippen LogP contribution in [0.3, 0.4) is 0 Å². The van der Waals surface area contributed by atoms with Crippen molar-refractivity contribution in [1.82, 2.24) is 14.9 Å². The number of anilines is 1.